The van der Waals surface area contributed by atoms with Crippen LogP contribution in [0, 0.1) is 28.6 Å². The van der Waals surface area contributed by atoms with Crippen LogP contribution in [0.3, 0.4) is 0 Å². The van der Waals surface area contributed by atoms with Crippen molar-refractivity contribution in [3.8, 4) is 17.6 Å². The standard InChI is InChI=1S/C26H22ClF6NO4/c1-24(2)18(12-20(27)26(32,33)36-14-25(30,31)23(28)29)21(24)22(35)38-19(13-34)15-7-6-10-17(11-15)37-16-8-4-3-5-9-16/h3-12,18-19,21,23H,14H2,1-2H3. The summed E-state index contributed by atoms with van der Waals surface area (Å²) in [5.74, 6) is -6.70. The first kappa shape index (κ1) is 29.3. The SMILES string of the molecule is CC1(C)C(C=C(Cl)C(F)(F)OCC(F)(F)C(F)F)C1C(=O)OC(C#N)c1cccc(Oc2ccccc2)c1. The zero-order chi connectivity index (χ0) is 28.3. The zero-order valence-corrected chi connectivity index (χ0v) is 20.8. The van der Waals surface area contributed by atoms with Gasteiger partial charge in [0.2, 0.25) is 6.10 Å². The van der Waals surface area contributed by atoms with Crippen LogP contribution in [-0.4, -0.2) is 31.0 Å². The fraction of sp³-hybridized carbons (Fsp3) is 0.385. The molecule has 0 aromatic heterocycles. The number of ether oxygens (including phenoxy) is 3. The van der Waals surface area contributed by atoms with Crippen LogP contribution in [-0.2, 0) is 14.3 Å². The lowest BCUT2D eigenvalue weighted by Crippen LogP contribution is -2.36. The van der Waals surface area contributed by atoms with Crippen molar-refractivity contribution < 1.29 is 45.3 Å². The summed E-state index contributed by atoms with van der Waals surface area (Å²) in [5, 5.41) is 8.24. The van der Waals surface area contributed by atoms with Gasteiger partial charge >= 0.3 is 24.4 Å². The van der Waals surface area contributed by atoms with Crippen molar-refractivity contribution in [2.75, 3.05) is 6.61 Å². The highest BCUT2D eigenvalue weighted by Crippen LogP contribution is 2.60. The number of halogens is 7. The number of hydrogen-bond acceptors (Lipinski definition) is 5. The van der Waals surface area contributed by atoms with E-state index >= 15 is 0 Å². The summed E-state index contributed by atoms with van der Waals surface area (Å²) in [5.41, 5.74) is -0.642. The van der Waals surface area contributed by atoms with E-state index in [0.717, 1.165) is 6.08 Å². The van der Waals surface area contributed by atoms with Crippen molar-refractivity contribution in [1.82, 2.24) is 0 Å². The molecule has 0 bridgehead atoms. The molecule has 1 fully saturated rings. The molecular formula is C26H22ClF6NO4. The summed E-state index contributed by atoms with van der Waals surface area (Å²) < 4.78 is 93.3. The van der Waals surface area contributed by atoms with E-state index in [4.69, 9.17) is 21.1 Å². The molecule has 12 heteroatoms. The Kier molecular flexibility index (Phi) is 8.68. The van der Waals surface area contributed by atoms with E-state index in [-0.39, 0.29) is 0 Å². The highest BCUT2D eigenvalue weighted by atomic mass is 35.5. The van der Waals surface area contributed by atoms with E-state index in [1.165, 1.54) is 6.07 Å². The molecule has 0 aliphatic heterocycles. The second-order valence-electron chi connectivity index (χ2n) is 9.14. The Morgan fingerprint density at radius 2 is 1.74 bits per heavy atom. The van der Waals surface area contributed by atoms with Crippen LogP contribution in [0.4, 0.5) is 26.3 Å². The second-order valence-corrected chi connectivity index (χ2v) is 9.55. The molecule has 0 amide bonds. The van der Waals surface area contributed by atoms with Crippen molar-refractivity contribution in [3.63, 3.8) is 0 Å². The largest absolute Gasteiger partial charge is 0.457 e. The summed E-state index contributed by atoms with van der Waals surface area (Å²) in [6.45, 7) is 0.825. The summed E-state index contributed by atoms with van der Waals surface area (Å²) in [6, 6.07) is 16.9. The Labute approximate surface area is 219 Å². The lowest BCUT2D eigenvalue weighted by molar-refractivity contribution is -0.258. The number of esters is 1. The monoisotopic (exact) mass is 561 g/mol. The quantitative estimate of drug-likeness (QED) is 0.210. The highest BCUT2D eigenvalue weighted by Gasteiger charge is 2.62. The average molecular weight is 562 g/mol. The molecule has 0 spiro atoms. The van der Waals surface area contributed by atoms with Gasteiger partial charge in [-0.1, -0.05) is 61.9 Å². The molecule has 5 nitrogen and oxygen atoms in total. The molecule has 38 heavy (non-hydrogen) atoms. The molecule has 3 unspecified atom stereocenters. The number of nitrogens with zero attached hydrogens (tertiary/aromatic N) is 1. The van der Waals surface area contributed by atoms with Gasteiger partial charge in [0.1, 0.15) is 29.2 Å². The fourth-order valence-electron chi connectivity index (χ4n) is 3.74. The third-order valence-corrected chi connectivity index (χ3v) is 6.37. The van der Waals surface area contributed by atoms with Gasteiger partial charge in [-0.25, -0.2) is 8.78 Å². The Morgan fingerprint density at radius 3 is 2.34 bits per heavy atom. The first-order chi connectivity index (χ1) is 17.7. The maximum absolute atomic E-state index is 14.1. The molecular weight excluding hydrogens is 540 g/mol. The average Bonchev–Trinajstić information content (AvgIpc) is 3.41. The van der Waals surface area contributed by atoms with Crippen molar-refractivity contribution >= 4 is 17.6 Å². The molecule has 3 atom stereocenters. The predicted molar refractivity (Wildman–Crippen MR) is 124 cm³/mol. The Balaban J connectivity index is 1.68. The molecule has 0 radical (unpaired) electrons. The van der Waals surface area contributed by atoms with Crippen molar-refractivity contribution in [1.29, 1.82) is 5.26 Å². The Hall–Kier alpha value is -3.23. The van der Waals surface area contributed by atoms with E-state index in [9.17, 15) is 36.4 Å². The second kappa shape index (κ2) is 11.3. The number of carbonyl (C=O) groups excluding carboxylic acids is 1. The zero-order valence-electron chi connectivity index (χ0n) is 20.0. The van der Waals surface area contributed by atoms with Crippen LogP contribution in [0.15, 0.2) is 65.7 Å². The van der Waals surface area contributed by atoms with E-state index in [0.29, 0.717) is 17.1 Å². The molecule has 2 aromatic rings. The van der Waals surface area contributed by atoms with E-state index in [1.807, 2.05) is 12.1 Å². The molecule has 0 N–H and O–H groups in total. The van der Waals surface area contributed by atoms with Gasteiger partial charge in [0.05, 0.1) is 5.92 Å². The maximum Gasteiger partial charge on any atom is 0.393 e. The number of hydrogen-bond donors (Lipinski definition) is 0. The predicted octanol–water partition coefficient (Wildman–Crippen LogP) is 7.49. The minimum atomic E-state index is -4.80. The number of allylic oxidation sites excluding steroid dienone is 1. The van der Waals surface area contributed by atoms with E-state index in [1.54, 1.807) is 56.3 Å². The number of nitriles is 1. The third-order valence-electron chi connectivity index (χ3n) is 6.02. The molecule has 1 aliphatic rings. The van der Waals surface area contributed by atoms with Gasteiger partial charge in [-0.3, -0.25) is 4.79 Å². The molecule has 1 aliphatic carbocycles. The summed E-state index contributed by atoms with van der Waals surface area (Å²) in [6.07, 6.45) is -9.31. The number of para-hydroxylation sites is 1. The van der Waals surface area contributed by atoms with Crippen LogP contribution < -0.4 is 4.74 Å². The topological polar surface area (TPSA) is 68.5 Å². The first-order valence-corrected chi connectivity index (χ1v) is 11.6. The van der Waals surface area contributed by atoms with Gasteiger partial charge < -0.3 is 14.2 Å². The minimum absolute atomic E-state index is 0.303. The van der Waals surface area contributed by atoms with Crippen LogP contribution in [0.1, 0.15) is 25.5 Å². The molecule has 3 rings (SSSR count). The Morgan fingerprint density at radius 1 is 1.11 bits per heavy atom. The number of benzene rings is 2. The summed E-state index contributed by atoms with van der Waals surface area (Å²) in [7, 11) is 0. The molecule has 0 heterocycles. The van der Waals surface area contributed by atoms with Crippen LogP contribution >= 0.6 is 11.6 Å². The lowest BCUT2D eigenvalue weighted by Gasteiger charge is -2.20. The van der Waals surface area contributed by atoms with Crippen LogP contribution in [0.25, 0.3) is 0 Å². The summed E-state index contributed by atoms with van der Waals surface area (Å²) in [4.78, 5) is 12.8. The number of alkyl halides is 6. The van der Waals surface area contributed by atoms with Gasteiger partial charge in [0.25, 0.3) is 0 Å². The van der Waals surface area contributed by atoms with Crippen LogP contribution in [0.5, 0.6) is 11.5 Å². The normalized spacial score (nSPS) is 20.0. The minimum Gasteiger partial charge on any atom is -0.457 e. The molecule has 204 valence electrons. The van der Waals surface area contributed by atoms with Crippen molar-refractivity contribution in [3.05, 3.63) is 71.3 Å². The van der Waals surface area contributed by atoms with Crippen LogP contribution in [0.2, 0.25) is 0 Å². The van der Waals surface area contributed by atoms with E-state index in [2.05, 4.69) is 4.74 Å². The first-order valence-electron chi connectivity index (χ1n) is 11.2. The van der Waals surface area contributed by atoms with Crippen molar-refractivity contribution in [2.24, 2.45) is 17.3 Å². The highest BCUT2D eigenvalue weighted by molar-refractivity contribution is 6.30. The maximum atomic E-state index is 14.1. The lowest BCUT2D eigenvalue weighted by atomic mass is 10.1. The van der Waals surface area contributed by atoms with Gasteiger partial charge in [-0.2, -0.15) is 22.8 Å². The Bertz CT molecular complexity index is 1220. The molecule has 2 aromatic carbocycles. The smallest absolute Gasteiger partial charge is 0.393 e. The molecule has 0 saturated heterocycles. The third kappa shape index (κ3) is 6.79. The fourth-order valence-corrected chi connectivity index (χ4v) is 3.93. The number of carbonyl (C=O) groups is 1. The van der Waals surface area contributed by atoms with E-state index < -0.39 is 59.4 Å². The van der Waals surface area contributed by atoms with Gasteiger partial charge in [0, 0.05) is 5.56 Å². The van der Waals surface area contributed by atoms with Gasteiger partial charge in [-0.15, -0.1) is 0 Å². The van der Waals surface area contributed by atoms with Gasteiger partial charge in [0.15, 0.2) is 0 Å². The van der Waals surface area contributed by atoms with Gasteiger partial charge in [-0.05, 0) is 35.6 Å². The van der Waals surface area contributed by atoms with Crippen molar-refractivity contribution in [2.45, 2.75) is 38.4 Å². The summed E-state index contributed by atoms with van der Waals surface area (Å²) >= 11 is 5.56. The molecule has 1 saturated carbocycles. The number of rotatable bonds is 11.